The quantitative estimate of drug-likeness (QED) is 0.615. The molecule has 0 amide bonds. The smallest absolute Gasteiger partial charge is 0.269 e. The number of hydrogen-bond donors (Lipinski definition) is 2. The molecule has 2 N–H and O–H groups in total. The van der Waals surface area contributed by atoms with E-state index >= 15 is 0 Å². The van der Waals surface area contributed by atoms with Gasteiger partial charge in [0, 0.05) is 30.1 Å². The zero-order chi connectivity index (χ0) is 14.5. The van der Waals surface area contributed by atoms with E-state index in [0.717, 1.165) is 3.79 Å². The van der Waals surface area contributed by atoms with E-state index in [1.165, 1.54) is 17.0 Å². The van der Waals surface area contributed by atoms with Crippen LogP contribution < -0.4 is 5.32 Å². The Morgan fingerprint density at radius 3 is 2.55 bits per heavy atom. The highest BCUT2D eigenvalue weighted by Gasteiger charge is 2.10. The van der Waals surface area contributed by atoms with Gasteiger partial charge in [-0.1, -0.05) is 0 Å². The van der Waals surface area contributed by atoms with Crippen LogP contribution in [0.5, 0.6) is 0 Å². The average Bonchev–Trinajstić information content (AvgIpc) is 2.84. The molecule has 1 heterocycles. The van der Waals surface area contributed by atoms with Gasteiger partial charge < -0.3 is 10.4 Å². The highest BCUT2D eigenvalue weighted by Crippen LogP contribution is 2.22. The van der Waals surface area contributed by atoms with E-state index in [1.54, 1.807) is 23.5 Å². The summed E-state index contributed by atoms with van der Waals surface area (Å²) in [6.45, 7) is 1.08. The van der Waals surface area contributed by atoms with Crippen LogP contribution >= 0.6 is 27.3 Å². The lowest BCUT2D eigenvalue weighted by Crippen LogP contribution is -2.20. The van der Waals surface area contributed by atoms with Gasteiger partial charge in [-0.05, 0) is 45.8 Å². The molecule has 1 aromatic heterocycles. The molecule has 1 unspecified atom stereocenters. The van der Waals surface area contributed by atoms with Gasteiger partial charge in [0.1, 0.15) is 0 Å². The number of rotatable bonds is 6. The minimum absolute atomic E-state index is 0.0253. The van der Waals surface area contributed by atoms with E-state index in [1.807, 2.05) is 12.1 Å². The maximum Gasteiger partial charge on any atom is 0.269 e. The van der Waals surface area contributed by atoms with Crippen molar-refractivity contribution >= 4 is 33.0 Å². The SMILES string of the molecule is O=[N+]([O-])c1ccc(C(O)CNCc2ccc(Br)s2)cc1. The maximum atomic E-state index is 10.5. The fourth-order valence-electron chi connectivity index (χ4n) is 1.71. The van der Waals surface area contributed by atoms with Gasteiger partial charge in [-0.15, -0.1) is 11.3 Å². The normalized spacial score (nSPS) is 12.3. The Morgan fingerprint density at radius 1 is 1.30 bits per heavy atom. The summed E-state index contributed by atoms with van der Waals surface area (Å²) in [6, 6.07) is 9.94. The lowest BCUT2D eigenvalue weighted by atomic mass is 10.1. The number of nitrogens with zero attached hydrogens (tertiary/aromatic N) is 1. The lowest BCUT2D eigenvalue weighted by molar-refractivity contribution is -0.384. The molecule has 0 aliphatic rings. The molecule has 2 aromatic rings. The van der Waals surface area contributed by atoms with Crippen LogP contribution in [0.3, 0.4) is 0 Å². The van der Waals surface area contributed by atoms with Crippen LogP contribution in [-0.2, 0) is 6.54 Å². The molecule has 0 saturated carbocycles. The largest absolute Gasteiger partial charge is 0.387 e. The Hall–Kier alpha value is -1.28. The van der Waals surface area contributed by atoms with E-state index in [9.17, 15) is 15.2 Å². The van der Waals surface area contributed by atoms with E-state index in [0.29, 0.717) is 18.7 Å². The molecular weight excluding hydrogens is 344 g/mol. The number of halogens is 1. The minimum Gasteiger partial charge on any atom is -0.387 e. The highest BCUT2D eigenvalue weighted by atomic mass is 79.9. The number of nitro benzene ring substituents is 1. The van der Waals surface area contributed by atoms with Crippen LogP contribution in [-0.4, -0.2) is 16.6 Å². The first-order valence-electron chi connectivity index (χ1n) is 5.93. The molecular formula is C13H13BrN2O3S. The fourth-order valence-corrected chi connectivity index (χ4v) is 3.17. The monoisotopic (exact) mass is 356 g/mol. The van der Waals surface area contributed by atoms with Crippen molar-refractivity contribution in [2.75, 3.05) is 6.54 Å². The number of benzene rings is 1. The molecule has 0 fully saturated rings. The molecule has 0 aliphatic heterocycles. The summed E-state index contributed by atoms with van der Waals surface area (Å²) >= 11 is 5.03. The number of thiophene rings is 1. The van der Waals surface area contributed by atoms with Crippen LogP contribution in [0.25, 0.3) is 0 Å². The molecule has 1 atom stereocenters. The summed E-state index contributed by atoms with van der Waals surface area (Å²) in [7, 11) is 0. The number of hydrogen-bond acceptors (Lipinski definition) is 5. The average molecular weight is 357 g/mol. The van der Waals surface area contributed by atoms with Gasteiger partial charge in [0.2, 0.25) is 0 Å². The third kappa shape index (κ3) is 4.11. The van der Waals surface area contributed by atoms with Gasteiger partial charge in [0.05, 0.1) is 14.8 Å². The summed E-state index contributed by atoms with van der Waals surface area (Å²) in [5.41, 5.74) is 0.688. The van der Waals surface area contributed by atoms with Crippen molar-refractivity contribution in [2.24, 2.45) is 0 Å². The molecule has 106 valence electrons. The molecule has 5 nitrogen and oxygen atoms in total. The van der Waals surface area contributed by atoms with Crippen LogP contribution in [0, 0.1) is 10.1 Å². The number of aliphatic hydroxyl groups excluding tert-OH is 1. The van der Waals surface area contributed by atoms with Gasteiger partial charge in [-0.3, -0.25) is 10.1 Å². The first kappa shape index (κ1) is 15.1. The van der Waals surface area contributed by atoms with E-state index in [2.05, 4.69) is 21.2 Å². The van der Waals surface area contributed by atoms with Gasteiger partial charge >= 0.3 is 0 Å². The van der Waals surface area contributed by atoms with Gasteiger partial charge in [-0.25, -0.2) is 0 Å². The molecule has 7 heteroatoms. The van der Waals surface area contributed by atoms with Crippen LogP contribution in [0.2, 0.25) is 0 Å². The molecule has 20 heavy (non-hydrogen) atoms. The summed E-state index contributed by atoms with van der Waals surface area (Å²) < 4.78 is 1.07. The molecule has 2 rings (SSSR count). The first-order valence-corrected chi connectivity index (χ1v) is 7.54. The first-order chi connectivity index (χ1) is 9.56. The predicted molar refractivity (Wildman–Crippen MR) is 81.8 cm³/mol. The molecule has 0 radical (unpaired) electrons. The van der Waals surface area contributed by atoms with E-state index in [4.69, 9.17) is 0 Å². The number of nitrogens with one attached hydrogen (secondary N) is 1. The Balaban J connectivity index is 1.85. The van der Waals surface area contributed by atoms with Crippen molar-refractivity contribution in [1.82, 2.24) is 5.32 Å². The number of aliphatic hydroxyl groups is 1. The van der Waals surface area contributed by atoms with Gasteiger partial charge in [0.15, 0.2) is 0 Å². The molecule has 0 saturated heterocycles. The molecule has 0 bridgehead atoms. The minimum atomic E-state index is -0.681. The van der Waals surface area contributed by atoms with Crippen molar-refractivity contribution in [2.45, 2.75) is 12.6 Å². The maximum absolute atomic E-state index is 10.5. The summed E-state index contributed by atoms with van der Waals surface area (Å²) in [6.07, 6.45) is -0.681. The Bertz CT molecular complexity index is 586. The second-order valence-corrected chi connectivity index (χ2v) is 6.75. The van der Waals surface area contributed by atoms with Crippen LogP contribution in [0.1, 0.15) is 16.5 Å². The van der Waals surface area contributed by atoms with Gasteiger partial charge in [-0.2, -0.15) is 0 Å². The van der Waals surface area contributed by atoms with Gasteiger partial charge in [0.25, 0.3) is 5.69 Å². The zero-order valence-corrected chi connectivity index (χ0v) is 12.9. The Morgan fingerprint density at radius 2 is 2.00 bits per heavy atom. The molecule has 0 aliphatic carbocycles. The number of non-ortho nitro benzene ring substituents is 1. The lowest BCUT2D eigenvalue weighted by Gasteiger charge is -2.11. The van der Waals surface area contributed by atoms with Crippen LogP contribution in [0.15, 0.2) is 40.2 Å². The second kappa shape index (κ2) is 6.94. The van der Waals surface area contributed by atoms with Crippen LogP contribution in [0.4, 0.5) is 5.69 Å². The predicted octanol–water partition coefficient (Wildman–Crippen LogP) is 3.24. The van der Waals surface area contributed by atoms with Crippen molar-refractivity contribution in [3.8, 4) is 0 Å². The third-order valence-electron chi connectivity index (χ3n) is 2.75. The standard InChI is InChI=1S/C13H13BrN2O3S/c14-13-6-5-11(20-13)7-15-8-12(17)9-1-3-10(4-2-9)16(18)19/h1-6,12,15,17H,7-8H2. The number of nitro groups is 1. The summed E-state index contributed by atoms with van der Waals surface area (Å²) in [5, 5.41) is 23.7. The van der Waals surface area contributed by atoms with Crippen molar-refractivity contribution in [1.29, 1.82) is 0 Å². The third-order valence-corrected chi connectivity index (χ3v) is 4.38. The van der Waals surface area contributed by atoms with Crippen molar-refractivity contribution < 1.29 is 10.0 Å². The molecule has 1 aromatic carbocycles. The highest BCUT2D eigenvalue weighted by molar-refractivity contribution is 9.11. The summed E-state index contributed by atoms with van der Waals surface area (Å²) in [4.78, 5) is 11.3. The summed E-state index contributed by atoms with van der Waals surface area (Å²) in [5.74, 6) is 0. The topological polar surface area (TPSA) is 75.4 Å². The zero-order valence-electron chi connectivity index (χ0n) is 10.5. The van der Waals surface area contributed by atoms with E-state index < -0.39 is 11.0 Å². The Kier molecular flexibility index (Phi) is 5.24. The van der Waals surface area contributed by atoms with Crippen molar-refractivity contribution in [3.05, 3.63) is 60.7 Å². The van der Waals surface area contributed by atoms with Crippen molar-refractivity contribution in [3.63, 3.8) is 0 Å². The second-order valence-electron chi connectivity index (χ2n) is 4.20. The molecule has 0 spiro atoms. The fraction of sp³-hybridized carbons (Fsp3) is 0.231. The van der Waals surface area contributed by atoms with E-state index in [-0.39, 0.29) is 5.69 Å². The Labute approximate surface area is 128 Å².